The second-order valence-corrected chi connectivity index (χ2v) is 6.51. The summed E-state index contributed by atoms with van der Waals surface area (Å²) in [4.78, 5) is 0. The molecule has 1 aliphatic heterocycles. The lowest BCUT2D eigenvalue weighted by molar-refractivity contribution is 0.127. The van der Waals surface area contributed by atoms with Crippen molar-refractivity contribution in [3.63, 3.8) is 0 Å². The molecule has 0 aromatic carbocycles. The fourth-order valence-electron chi connectivity index (χ4n) is 2.13. The highest BCUT2D eigenvalue weighted by Gasteiger charge is 2.34. The van der Waals surface area contributed by atoms with E-state index in [1.807, 2.05) is 0 Å². The van der Waals surface area contributed by atoms with Gasteiger partial charge in [-0.3, -0.25) is 0 Å². The van der Waals surface area contributed by atoms with Gasteiger partial charge in [0.1, 0.15) is 0 Å². The van der Waals surface area contributed by atoms with Gasteiger partial charge in [-0.1, -0.05) is 0 Å². The van der Waals surface area contributed by atoms with Crippen molar-refractivity contribution in [2.24, 2.45) is 11.7 Å². The predicted molar refractivity (Wildman–Crippen MR) is 68.7 cm³/mol. The molecule has 3 N–H and O–H groups in total. The largest absolute Gasteiger partial charge is 0.377 e. The van der Waals surface area contributed by atoms with Crippen LogP contribution in [0, 0.1) is 5.92 Å². The van der Waals surface area contributed by atoms with Gasteiger partial charge in [0.05, 0.1) is 11.9 Å². The lowest BCUT2D eigenvalue weighted by Crippen LogP contribution is -2.44. The smallest absolute Gasteiger partial charge is 0.214 e. The van der Waals surface area contributed by atoms with Crippen LogP contribution < -0.4 is 10.5 Å². The maximum absolute atomic E-state index is 11.8. The Bertz CT molecular complexity index is 326. The van der Waals surface area contributed by atoms with Gasteiger partial charge in [-0.25, -0.2) is 13.1 Å². The molecule has 2 unspecified atom stereocenters. The van der Waals surface area contributed by atoms with Gasteiger partial charge in [0.15, 0.2) is 0 Å². The first kappa shape index (κ1) is 15.2. The van der Waals surface area contributed by atoms with Crippen LogP contribution in [0.4, 0.5) is 0 Å². The fraction of sp³-hybridized carbons (Fsp3) is 1.00. The van der Waals surface area contributed by atoms with Gasteiger partial charge in [0.25, 0.3) is 0 Å². The Labute approximate surface area is 109 Å². The number of nitrogens with two attached hydrogens (primary N) is 1. The summed E-state index contributed by atoms with van der Waals surface area (Å²) in [5, 5.41) is 0. The van der Waals surface area contributed by atoms with E-state index >= 15 is 0 Å². The van der Waals surface area contributed by atoms with E-state index in [0.717, 1.165) is 25.7 Å². The monoisotopic (exact) mass is 284 g/mol. The molecule has 0 aromatic rings. The zero-order valence-corrected chi connectivity index (χ0v) is 11.4. The fourth-order valence-corrected chi connectivity index (χ4v) is 3.73. The Kier molecular flexibility index (Phi) is 5.66. The number of halogens is 1. The molecule has 2 fully saturated rings. The molecule has 7 heteroatoms. The van der Waals surface area contributed by atoms with Crippen LogP contribution in [0.3, 0.4) is 0 Å². The van der Waals surface area contributed by atoms with Gasteiger partial charge in [-0.2, -0.15) is 0 Å². The molecule has 102 valence electrons. The second kappa shape index (κ2) is 6.33. The highest BCUT2D eigenvalue weighted by Crippen LogP contribution is 2.32. The van der Waals surface area contributed by atoms with E-state index in [4.69, 9.17) is 10.5 Å². The van der Waals surface area contributed by atoms with Crippen molar-refractivity contribution in [1.82, 2.24) is 4.72 Å². The highest BCUT2D eigenvalue weighted by molar-refractivity contribution is 7.89. The van der Waals surface area contributed by atoms with Crippen molar-refractivity contribution < 1.29 is 13.2 Å². The zero-order chi connectivity index (χ0) is 11.6. The van der Waals surface area contributed by atoms with Crippen molar-refractivity contribution in [3.8, 4) is 0 Å². The van der Waals surface area contributed by atoms with Crippen molar-refractivity contribution in [2.75, 3.05) is 18.9 Å². The number of nitrogens with one attached hydrogen (secondary N) is 1. The number of rotatable bonds is 6. The van der Waals surface area contributed by atoms with Crippen molar-refractivity contribution in [3.05, 3.63) is 0 Å². The minimum Gasteiger partial charge on any atom is -0.377 e. The molecule has 17 heavy (non-hydrogen) atoms. The Morgan fingerprint density at radius 2 is 2.06 bits per heavy atom. The van der Waals surface area contributed by atoms with Crippen molar-refractivity contribution in [2.45, 2.75) is 37.8 Å². The topological polar surface area (TPSA) is 81.4 Å². The highest BCUT2D eigenvalue weighted by atomic mass is 35.5. The van der Waals surface area contributed by atoms with Crippen LogP contribution in [0.15, 0.2) is 0 Å². The van der Waals surface area contributed by atoms with E-state index in [9.17, 15) is 8.42 Å². The Hall–Kier alpha value is 0.120. The minimum atomic E-state index is -3.24. The third kappa shape index (κ3) is 4.71. The number of hydrogen-bond acceptors (Lipinski definition) is 4. The predicted octanol–water partition coefficient (Wildman–Crippen LogP) is 0.244. The maximum atomic E-state index is 11.8. The molecule has 1 aliphatic carbocycles. The molecular weight excluding hydrogens is 264 g/mol. The molecule has 2 rings (SSSR count). The van der Waals surface area contributed by atoms with E-state index in [0.29, 0.717) is 19.1 Å². The molecule has 0 bridgehead atoms. The van der Waals surface area contributed by atoms with Crippen LogP contribution in [-0.2, 0) is 14.8 Å². The molecule has 1 saturated carbocycles. The number of hydrogen-bond donors (Lipinski definition) is 2. The molecule has 5 nitrogen and oxygen atoms in total. The first-order valence-electron chi connectivity index (χ1n) is 5.92. The maximum Gasteiger partial charge on any atom is 0.214 e. The van der Waals surface area contributed by atoms with Gasteiger partial charge < -0.3 is 10.5 Å². The Morgan fingerprint density at radius 1 is 1.35 bits per heavy atom. The molecule has 1 heterocycles. The summed E-state index contributed by atoms with van der Waals surface area (Å²) in [6.45, 7) is 1.07. The van der Waals surface area contributed by atoms with Crippen LogP contribution >= 0.6 is 12.4 Å². The van der Waals surface area contributed by atoms with Crippen LogP contribution in [0.2, 0.25) is 0 Å². The minimum absolute atomic E-state index is 0. The van der Waals surface area contributed by atoms with E-state index in [1.165, 1.54) is 0 Å². The lowest BCUT2D eigenvalue weighted by atomic mass is 10.2. The molecule has 0 amide bonds. The van der Waals surface area contributed by atoms with Gasteiger partial charge in [0.2, 0.25) is 10.0 Å². The van der Waals surface area contributed by atoms with Crippen LogP contribution in [0.25, 0.3) is 0 Å². The summed E-state index contributed by atoms with van der Waals surface area (Å²) in [5.74, 6) is 0.528. The average Bonchev–Trinajstić information content (AvgIpc) is 2.95. The quantitative estimate of drug-likeness (QED) is 0.732. The van der Waals surface area contributed by atoms with Gasteiger partial charge in [0, 0.05) is 19.2 Å². The van der Waals surface area contributed by atoms with Gasteiger partial charge in [-0.05, 0) is 31.6 Å². The first-order chi connectivity index (χ1) is 7.61. The van der Waals surface area contributed by atoms with Gasteiger partial charge in [-0.15, -0.1) is 12.4 Å². The van der Waals surface area contributed by atoms with Gasteiger partial charge >= 0.3 is 0 Å². The third-order valence-electron chi connectivity index (χ3n) is 3.21. The van der Waals surface area contributed by atoms with Crippen molar-refractivity contribution >= 4 is 22.4 Å². The molecule has 0 aromatic heterocycles. The molecule has 2 atom stereocenters. The van der Waals surface area contributed by atoms with E-state index in [1.54, 1.807) is 0 Å². The van der Waals surface area contributed by atoms with E-state index in [-0.39, 0.29) is 30.3 Å². The van der Waals surface area contributed by atoms with Crippen molar-refractivity contribution in [1.29, 1.82) is 0 Å². The molecular formula is C10H21ClN2O3S. The van der Waals surface area contributed by atoms with E-state index in [2.05, 4.69) is 4.72 Å². The van der Waals surface area contributed by atoms with E-state index < -0.39 is 10.0 Å². The standard InChI is InChI=1S/C10H20N2O3S.ClH/c11-6-10(8-3-4-8)12-16(13,14)7-9-2-1-5-15-9;/h8-10,12H,1-7,11H2;1H. The molecule has 0 spiro atoms. The van der Waals surface area contributed by atoms with Crippen LogP contribution in [0.5, 0.6) is 0 Å². The average molecular weight is 285 g/mol. The summed E-state index contributed by atoms with van der Waals surface area (Å²) in [7, 11) is -3.24. The second-order valence-electron chi connectivity index (χ2n) is 4.71. The summed E-state index contributed by atoms with van der Waals surface area (Å²) in [6, 6.07) is -0.0774. The lowest BCUT2D eigenvalue weighted by Gasteiger charge is -2.17. The summed E-state index contributed by atoms with van der Waals surface area (Å²) in [5.41, 5.74) is 5.57. The normalized spacial score (nSPS) is 26.5. The Balaban J connectivity index is 0.00000144. The SMILES string of the molecule is Cl.NCC(NS(=O)(=O)CC1CCCO1)C1CC1. The molecule has 0 radical (unpaired) electrons. The molecule has 1 saturated heterocycles. The van der Waals surface area contributed by atoms with Crippen LogP contribution in [-0.4, -0.2) is 39.5 Å². The summed E-state index contributed by atoms with van der Waals surface area (Å²) in [6.07, 6.45) is 3.85. The summed E-state index contributed by atoms with van der Waals surface area (Å²) >= 11 is 0. The third-order valence-corrected chi connectivity index (χ3v) is 4.68. The van der Waals surface area contributed by atoms with Crippen LogP contribution in [0.1, 0.15) is 25.7 Å². The summed E-state index contributed by atoms with van der Waals surface area (Å²) < 4.78 is 31.7. The first-order valence-corrected chi connectivity index (χ1v) is 7.57. The molecule has 2 aliphatic rings. The number of ether oxygens (including phenoxy) is 1. The zero-order valence-electron chi connectivity index (χ0n) is 9.80. The Morgan fingerprint density at radius 3 is 2.53 bits per heavy atom. The number of sulfonamides is 1.